The molecule has 22 heavy (non-hydrogen) atoms. The molecule has 0 bridgehead atoms. The Labute approximate surface area is 130 Å². The van der Waals surface area contributed by atoms with Crippen LogP contribution in [0.1, 0.15) is 27.6 Å². The summed E-state index contributed by atoms with van der Waals surface area (Å²) in [7, 11) is 0. The molecule has 3 nitrogen and oxygen atoms in total. The molecule has 0 atom stereocenters. The molecule has 3 rings (SSSR count). The zero-order valence-electron chi connectivity index (χ0n) is 12.1. The number of aryl methyl sites for hydroxylation is 1. The van der Waals surface area contributed by atoms with Crippen LogP contribution in [0.2, 0.25) is 0 Å². The van der Waals surface area contributed by atoms with Crippen LogP contribution in [-0.4, -0.2) is 11.5 Å². The third kappa shape index (κ3) is 2.77. The third-order valence-corrected chi connectivity index (χ3v) is 4.75. The Morgan fingerprint density at radius 2 is 2.14 bits per heavy atom. The maximum absolute atomic E-state index is 13.1. The van der Waals surface area contributed by atoms with Crippen LogP contribution in [0.25, 0.3) is 0 Å². The predicted octanol–water partition coefficient (Wildman–Crippen LogP) is 4.01. The van der Waals surface area contributed by atoms with E-state index in [1.807, 2.05) is 23.1 Å². The summed E-state index contributed by atoms with van der Waals surface area (Å²) in [5, 5.41) is 0.437. The van der Waals surface area contributed by atoms with E-state index in [1.165, 1.54) is 0 Å². The zero-order valence-corrected chi connectivity index (χ0v) is 12.9. The predicted molar refractivity (Wildman–Crippen MR) is 82.1 cm³/mol. The zero-order chi connectivity index (χ0) is 15.9. The van der Waals surface area contributed by atoms with E-state index in [4.69, 9.17) is 5.73 Å². The lowest BCUT2D eigenvalue weighted by Crippen LogP contribution is -2.29. The molecule has 0 aliphatic carbocycles. The molecule has 1 aromatic heterocycles. The fourth-order valence-corrected chi connectivity index (χ4v) is 3.84. The largest absolute Gasteiger partial charge is 0.434 e. The van der Waals surface area contributed by atoms with E-state index < -0.39 is 11.9 Å². The molecule has 2 aromatic rings. The number of fused-ring (bicyclic) bond motifs is 1. The van der Waals surface area contributed by atoms with E-state index in [1.54, 1.807) is 6.92 Å². The summed E-state index contributed by atoms with van der Waals surface area (Å²) in [4.78, 5) is 5.90. The van der Waals surface area contributed by atoms with Gasteiger partial charge in [-0.2, -0.15) is 13.2 Å². The number of nitrogen functional groups attached to an aromatic ring is 1. The molecule has 0 amide bonds. The number of halogens is 3. The highest BCUT2D eigenvalue weighted by Gasteiger charge is 2.37. The highest BCUT2D eigenvalue weighted by molar-refractivity contribution is 7.11. The minimum Gasteiger partial charge on any atom is -0.398 e. The number of alkyl halides is 3. The van der Waals surface area contributed by atoms with Crippen molar-refractivity contribution in [2.45, 2.75) is 32.5 Å². The first-order valence-corrected chi connectivity index (χ1v) is 7.83. The number of benzene rings is 1. The maximum atomic E-state index is 13.1. The van der Waals surface area contributed by atoms with Crippen molar-refractivity contribution in [3.63, 3.8) is 0 Å². The van der Waals surface area contributed by atoms with Gasteiger partial charge < -0.3 is 10.6 Å². The summed E-state index contributed by atoms with van der Waals surface area (Å²) in [6, 6.07) is 5.60. The minimum absolute atomic E-state index is 0.219. The summed E-state index contributed by atoms with van der Waals surface area (Å²) in [6.07, 6.45) is -2.65. The fraction of sp³-hybridized carbons (Fsp3) is 0.400. The Morgan fingerprint density at radius 1 is 1.36 bits per heavy atom. The molecule has 0 unspecified atom stereocenters. The number of hydrogen-bond donors (Lipinski definition) is 1. The number of rotatable bonds is 2. The van der Waals surface area contributed by atoms with Gasteiger partial charge >= 0.3 is 6.18 Å². The smallest absolute Gasteiger partial charge is 0.398 e. The van der Waals surface area contributed by atoms with Crippen LogP contribution >= 0.6 is 11.3 Å². The first-order valence-electron chi connectivity index (χ1n) is 7.02. The number of aromatic nitrogens is 1. The van der Waals surface area contributed by atoms with Gasteiger partial charge in [0, 0.05) is 17.9 Å². The highest BCUT2D eigenvalue weighted by atomic mass is 32.1. The summed E-state index contributed by atoms with van der Waals surface area (Å²) in [6.45, 7) is 2.55. The van der Waals surface area contributed by atoms with Crippen LogP contribution in [0.3, 0.4) is 0 Å². The number of nitrogens with two attached hydrogens (primary N) is 1. The average molecular weight is 327 g/mol. The van der Waals surface area contributed by atoms with Crippen LogP contribution in [0.4, 0.5) is 24.5 Å². The molecule has 0 saturated heterocycles. The van der Waals surface area contributed by atoms with Gasteiger partial charge in [-0.1, -0.05) is 6.07 Å². The lowest BCUT2D eigenvalue weighted by Gasteiger charge is -2.32. The van der Waals surface area contributed by atoms with E-state index in [0.29, 0.717) is 10.7 Å². The molecular formula is C15H16F3N3S. The summed E-state index contributed by atoms with van der Waals surface area (Å²) in [5.41, 5.74) is 7.90. The van der Waals surface area contributed by atoms with Crippen LogP contribution < -0.4 is 10.6 Å². The van der Waals surface area contributed by atoms with Crippen LogP contribution in [0, 0.1) is 6.92 Å². The first kappa shape index (κ1) is 15.1. The third-order valence-electron chi connectivity index (χ3n) is 3.79. The fourth-order valence-electron chi connectivity index (χ4n) is 2.86. The van der Waals surface area contributed by atoms with E-state index in [-0.39, 0.29) is 11.4 Å². The van der Waals surface area contributed by atoms with Gasteiger partial charge in [0.25, 0.3) is 0 Å². The van der Waals surface area contributed by atoms with E-state index >= 15 is 0 Å². The van der Waals surface area contributed by atoms with Gasteiger partial charge in [0.05, 0.1) is 16.4 Å². The SMILES string of the molecule is Cc1nc(C(F)(F)F)c(CN2CCCc3c(N)cccc32)s1. The Morgan fingerprint density at radius 3 is 2.86 bits per heavy atom. The summed E-state index contributed by atoms with van der Waals surface area (Å²) >= 11 is 1.11. The van der Waals surface area contributed by atoms with Gasteiger partial charge in [-0.15, -0.1) is 11.3 Å². The molecular weight excluding hydrogens is 311 g/mol. The summed E-state index contributed by atoms with van der Waals surface area (Å²) < 4.78 is 39.2. The van der Waals surface area contributed by atoms with Crippen molar-refractivity contribution >= 4 is 22.7 Å². The molecule has 1 aliphatic heterocycles. The Hall–Kier alpha value is -1.76. The Bertz CT molecular complexity index is 694. The molecule has 0 spiro atoms. The second kappa shape index (κ2) is 5.46. The molecule has 0 saturated carbocycles. The highest BCUT2D eigenvalue weighted by Crippen LogP contribution is 2.37. The standard InChI is InChI=1S/C15H16F3N3S/c1-9-20-14(15(16,17)18)13(22-9)8-21-7-3-4-10-11(19)5-2-6-12(10)21/h2,5-6H,3-4,7-8,19H2,1H3. The van der Waals surface area contributed by atoms with Crippen LogP contribution in [0.5, 0.6) is 0 Å². The van der Waals surface area contributed by atoms with Crippen molar-refractivity contribution in [1.29, 1.82) is 0 Å². The van der Waals surface area contributed by atoms with E-state index in [0.717, 1.165) is 42.0 Å². The lowest BCUT2D eigenvalue weighted by atomic mass is 10.00. The Kier molecular flexibility index (Phi) is 3.76. The normalized spacial score (nSPS) is 15.0. The van der Waals surface area contributed by atoms with Gasteiger partial charge in [0.2, 0.25) is 0 Å². The van der Waals surface area contributed by atoms with Crippen LogP contribution in [-0.2, 0) is 19.1 Å². The van der Waals surface area contributed by atoms with Crippen molar-refractivity contribution in [2.75, 3.05) is 17.2 Å². The molecule has 118 valence electrons. The van der Waals surface area contributed by atoms with Gasteiger partial charge in [-0.05, 0) is 37.5 Å². The van der Waals surface area contributed by atoms with Crippen molar-refractivity contribution in [1.82, 2.24) is 4.98 Å². The molecule has 2 N–H and O–H groups in total. The molecule has 1 aliphatic rings. The average Bonchev–Trinajstić information content (AvgIpc) is 2.81. The molecule has 7 heteroatoms. The topological polar surface area (TPSA) is 42.2 Å². The number of nitrogens with zero attached hydrogens (tertiary/aromatic N) is 2. The quantitative estimate of drug-likeness (QED) is 0.848. The first-order chi connectivity index (χ1) is 10.4. The Balaban J connectivity index is 1.95. The number of hydrogen-bond acceptors (Lipinski definition) is 4. The van der Waals surface area contributed by atoms with Gasteiger partial charge in [0.1, 0.15) is 0 Å². The van der Waals surface area contributed by atoms with E-state index in [9.17, 15) is 13.2 Å². The number of anilines is 2. The van der Waals surface area contributed by atoms with Crippen molar-refractivity contribution in [3.8, 4) is 0 Å². The monoisotopic (exact) mass is 327 g/mol. The van der Waals surface area contributed by atoms with E-state index in [2.05, 4.69) is 4.98 Å². The van der Waals surface area contributed by atoms with Gasteiger partial charge in [-0.25, -0.2) is 4.98 Å². The molecule has 0 fully saturated rings. The minimum atomic E-state index is -4.41. The lowest BCUT2D eigenvalue weighted by molar-refractivity contribution is -0.141. The van der Waals surface area contributed by atoms with Crippen molar-refractivity contribution < 1.29 is 13.2 Å². The molecule has 1 aromatic carbocycles. The van der Waals surface area contributed by atoms with Crippen molar-refractivity contribution in [3.05, 3.63) is 39.3 Å². The van der Waals surface area contributed by atoms with Gasteiger partial charge in [0.15, 0.2) is 5.69 Å². The molecule has 2 heterocycles. The second-order valence-corrected chi connectivity index (χ2v) is 6.66. The maximum Gasteiger partial charge on any atom is 0.434 e. The van der Waals surface area contributed by atoms with Crippen molar-refractivity contribution in [2.24, 2.45) is 0 Å². The molecule has 0 radical (unpaired) electrons. The number of thiazole rings is 1. The second-order valence-electron chi connectivity index (χ2n) is 5.37. The van der Waals surface area contributed by atoms with Crippen LogP contribution in [0.15, 0.2) is 18.2 Å². The summed E-state index contributed by atoms with van der Waals surface area (Å²) in [5.74, 6) is 0. The van der Waals surface area contributed by atoms with Gasteiger partial charge in [-0.3, -0.25) is 0 Å².